The second-order valence-corrected chi connectivity index (χ2v) is 9.77. The molecule has 1 N–H and O–H groups in total. The molecule has 2 fully saturated rings. The van der Waals surface area contributed by atoms with Crippen LogP contribution >= 0.6 is 0 Å². The molecule has 1 saturated carbocycles. The van der Waals surface area contributed by atoms with E-state index in [0.717, 1.165) is 12.8 Å². The van der Waals surface area contributed by atoms with Gasteiger partial charge in [-0.15, -0.1) is 0 Å². The summed E-state index contributed by atoms with van der Waals surface area (Å²) in [6.07, 6.45) is 10.6. The quantitative estimate of drug-likeness (QED) is 0.705. The maximum atomic E-state index is 12.4. The molecule has 1 spiro atoms. The number of nitrogens with one attached hydrogen (secondary N) is 1. The fraction of sp³-hybridized carbons (Fsp3) is 0.500. The highest BCUT2D eigenvalue weighted by Gasteiger charge is 2.64. The summed E-state index contributed by atoms with van der Waals surface area (Å²) in [5, 5.41) is 3.09. The highest BCUT2D eigenvalue weighted by Crippen LogP contribution is 2.65. The van der Waals surface area contributed by atoms with Gasteiger partial charge in [-0.3, -0.25) is 4.79 Å². The van der Waals surface area contributed by atoms with E-state index in [-0.39, 0.29) is 17.6 Å². The van der Waals surface area contributed by atoms with Crippen LogP contribution in [0.2, 0.25) is 0 Å². The molecule has 3 heteroatoms. The van der Waals surface area contributed by atoms with Gasteiger partial charge in [0.05, 0.1) is 6.10 Å². The second kappa shape index (κ2) is 6.70. The summed E-state index contributed by atoms with van der Waals surface area (Å²) in [4.78, 5) is 12.4. The minimum atomic E-state index is -0.0684. The number of ether oxygens (including phenoxy) is 1. The van der Waals surface area contributed by atoms with Gasteiger partial charge in [0, 0.05) is 12.1 Å². The molecule has 1 amide bonds. The van der Waals surface area contributed by atoms with Gasteiger partial charge in [-0.25, -0.2) is 0 Å². The summed E-state index contributed by atoms with van der Waals surface area (Å²) in [5.74, 6) is 0.581. The maximum absolute atomic E-state index is 12.4. The Hall–Kier alpha value is -2.13. The lowest BCUT2D eigenvalue weighted by Crippen LogP contribution is -2.34. The third kappa shape index (κ3) is 3.02. The molecule has 1 saturated heterocycles. The fourth-order valence-electron chi connectivity index (χ4n) is 5.81. The van der Waals surface area contributed by atoms with Gasteiger partial charge in [0.1, 0.15) is 5.60 Å². The first-order valence-corrected chi connectivity index (χ1v) is 11.1. The van der Waals surface area contributed by atoms with E-state index in [2.05, 4.69) is 38.2 Å². The van der Waals surface area contributed by atoms with Crippen molar-refractivity contribution in [2.45, 2.75) is 64.6 Å². The van der Waals surface area contributed by atoms with Crippen molar-refractivity contribution in [3.8, 4) is 0 Å². The second-order valence-electron chi connectivity index (χ2n) is 9.77. The molecular weight excluding hydrogens is 358 g/mol. The third-order valence-electron chi connectivity index (χ3n) is 7.60. The van der Waals surface area contributed by atoms with Gasteiger partial charge in [-0.1, -0.05) is 56.7 Å². The predicted molar refractivity (Wildman–Crippen MR) is 116 cm³/mol. The van der Waals surface area contributed by atoms with Gasteiger partial charge >= 0.3 is 0 Å². The molecule has 1 aromatic rings. The molecule has 29 heavy (non-hydrogen) atoms. The third-order valence-corrected chi connectivity index (χ3v) is 7.60. The van der Waals surface area contributed by atoms with E-state index >= 15 is 0 Å². The number of amides is 1. The highest BCUT2D eigenvalue weighted by molar-refractivity contribution is 5.94. The van der Waals surface area contributed by atoms with Crippen molar-refractivity contribution in [1.82, 2.24) is 5.32 Å². The summed E-state index contributed by atoms with van der Waals surface area (Å²) < 4.78 is 6.40. The van der Waals surface area contributed by atoms with E-state index in [1.807, 2.05) is 30.3 Å². The lowest BCUT2D eigenvalue weighted by atomic mass is 9.64. The average Bonchev–Trinajstić information content (AvgIpc) is 3.31. The molecule has 1 aromatic carbocycles. The van der Waals surface area contributed by atoms with Gasteiger partial charge in [0.15, 0.2) is 0 Å². The lowest BCUT2D eigenvalue weighted by molar-refractivity contribution is 0.0956. The normalized spacial score (nSPS) is 32.6. The van der Waals surface area contributed by atoms with Crippen LogP contribution in [0.3, 0.4) is 0 Å². The molecule has 4 aliphatic rings. The van der Waals surface area contributed by atoms with Crippen LogP contribution in [-0.4, -0.2) is 24.2 Å². The van der Waals surface area contributed by atoms with Crippen molar-refractivity contribution in [2.75, 3.05) is 6.54 Å². The summed E-state index contributed by atoms with van der Waals surface area (Å²) in [6.45, 7) is 7.70. The minimum absolute atomic E-state index is 0.0135. The molecule has 3 nitrogen and oxygen atoms in total. The van der Waals surface area contributed by atoms with Crippen LogP contribution in [0.5, 0.6) is 0 Å². The Labute approximate surface area is 173 Å². The minimum Gasteiger partial charge on any atom is -0.361 e. The molecule has 5 rings (SSSR count). The number of benzene rings is 1. The largest absolute Gasteiger partial charge is 0.361 e. The van der Waals surface area contributed by atoms with Crippen LogP contribution in [-0.2, 0) is 4.74 Å². The van der Waals surface area contributed by atoms with Crippen LogP contribution in [0, 0.1) is 11.3 Å². The number of carbonyl (C=O) groups is 1. The average molecular weight is 390 g/mol. The van der Waals surface area contributed by atoms with Crippen molar-refractivity contribution in [2.24, 2.45) is 11.3 Å². The Morgan fingerprint density at radius 2 is 1.97 bits per heavy atom. The first-order chi connectivity index (χ1) is 13.9. The number of allylic oxidation sites excluding steroid dienone is 3. The predicted octanol–water partition coefficient (Wildman–Crippen LogP) is 5.36. The van der Waals surface area contributed by atoms with Crippen LogP contribution in [0.15, 0.2) is 64.8 Å². The molecule has 0 bridgehead atoms. The summed E-state index contributed by atoms with van der Waals surface area (Å²) in [5.41, 5.74) is 6.90. The van der Waals surface area contributed by atoms with E-state index in [0.29, 0.717) is 23.4 Å². The van der Waals surface area contributed by atoms with Gasteiger partial charge in [-0.2, -0.15) is 0 Å². The zero-order valence-corrected chi connectivity index (χ0v) is 17.8. The van der Waals surface area contributed by atoms with E-state index in [4.69, 9.17) is 4.74 Å². The van der Waals surface area contributed by atoms with Gasteiger partial charge in [-0.05, 0) is 72.3 Å². The molecule has 3 aliphatic carbocycles. The zero-order chi connectivity index (χ0) is 20.2. The zero-order valence-electron chi connectivity index (χ0n) is 17.8. The molecule has 0 aromatic heterocycles. The molecule has 0 radical (unpaired) electrons. The summed E-state index contributed by atoms with van der Waals surface area (Å²) in [6, 6.07) is 9.43. The molecule has 1 aliphatic heterocycles. The topological polar surface area (TPSA) is 41.6 Å². The Balaban J connectivity index is 1.41. The van der Waals surface area contributed by atoms with Gasteiger partial charge in [0.25, 0.3) is 5.91 Å². The number of rotatable bonds is 4. The summed E-state index contributed by atoms with van der Waals surface area (Å²) >= 11 is 0. The van der Waals surface area contributed by atoms with Crippen LogP contribution in [0.1, 0.15) is 63.2 Å². The van der Waals surface area contributed by atoms with Crippen LogP contribution in [0.4, 0.5) is 0 Å². The summed E-state index contributed by atoms with van der Waals surface area (Å²) in [7, 11) is 0. The van der Waals surface area contributed by atoms with Crippen molar-refractivity contribution in [3.63, 3.8) is 0 Å². The van der Waals surface area contributed by atoms with E-state index in [1.54, 1.807) is 11.1 Å². The standard InChI is InChI=1S/C26H31NO2/c1-17(2)20-11-12-25(3)13-14-26-21(23(20)25)10-9-18(15-22(26)29-26)16-27-24(28)19-7-5-4-6-8-19/h4-10,17,22H,11-16H2,1-3H3,(H,27,28)/t22-,25+,26-/m0/s1. The van der Waals surface area contributed by atoms with Crippen molar-refractivity contribution in [3.05, 3.63) is 70.3 Å². The maximum Gasteiger partial charge on any atom is 0.251 e. The van der Waals surface area contributed by atoms with Crippen LogP contribution in [0.25, 0.3) is 0 Å². The Kier molecular flexibility index (Phi) is 4.36. The Bertz CT molecular complexity index is 939. The molecule has 1 heterocycles. The highest BCUT2D eigenvalue weighted by atomic mass is 16.6. The first kappa shape index (κ1) is 18.9. The number of hydrogen-bond acceptors (Lipinski definition) is 2. The Morgan fingerprint density at radius 1 is 1.17 bits per heavy atom. The molecule has 152 valence electrons. The Morgan fingerprint density at radius 3 is 2.72 bits per heavy atom. The number of carbonyl (C=O) groups excluding carboxylic acids is 1. The van der Waals surface area contributed by atoms with Crippen molar-refractivity contribution in [1.29, 1.82) is 0 Å². The van der Waals surface area contributed by atoms with E-state index in [1.165, 1.54) is 30.4 Å². The number of fused-ring (bicyclic) bond motifs is 2. The van der Waals surface area contributed by atoms with E-state index in [9.17, 15) is 4.79 Å². The molecule has 0 unspecified atom stereocenters. The van der Waals surface area contributed by atoms with Crippen molar-refractivity contribution < 1.29 is 9.53 Å². The SMILES string of the molecule is CC(C)C1=C2C3=CC=C(CNC(=O)c4ccccc4)C[C@@H]4O[C@@]34CC[C@@]2(C)CC1. The smallest absolute Gasteiger partial charge is 0.251 e. The molecular formula is C26H31NO2. The molecule has 3 atom stereocenters. The van der Waals surface area contributed by atoms with Crippen molar-refractivity contribution >= 4 is 5.91 Å². The number of epoxide rings is 1. The van der Waals surface area contributed by atoms with Gasteiger partial charge in [0.2, 0.25) is 0 Å². The first-order valence-electron chi connectivity index (χ1n) is 11.1. The number of hydrogen-bond donors (Lipinski definition) is 1. The van der Waals surface area contributed by atoms with Crippen LogP contribution < -0.4 is 5.32 Å². The van der Waals surface area contributed by atoms with E-state index < -0.39 is 0 Å². The monoisotopic (exact) mass is 389 g/mol. The lowest BCUT2D eigenvalue weighted by Gasteiger charge is -2.39. The van der Waals surface area contributed by atoms with Gasteiger partial charge < -0.3 is 10.1 Å². The fourth-order valence-corrected chi connectivity index (χ4v) is 5.81.